The van der Waals surface area contributed by atoms with Crippen LogP contribution in [-0.2, 0) is 9.59 Å². The second kappa shape index (κ2) is 10.4. The minimum Gasteiger partial charge on any atom is -0.395 e. The van der Waals surface area contributed by atoms with Gasteiger partial charge >= 0.3 is 0 Å². The Morgan fingerprint density at radius 1 is 0.938 bits per heavy atom. The number of nitrogens with zero attached hydrogens (tertiary/aromatic N) is 2. The van der Waals surface area contributed by atoms with Crippen molar-refractivity contribution in [3.05, 3.63) is 11.8 Å². The Balaban J connectivity index is 1.28. The quantitative estimate of drug-likeness (QED) is 0.356. The van der Waals surface area contributed by atoms with E-state index in [1.54, 1.807) is 6.20 Å². The molecule has 1 aliphatic heterocycles. The molecule has 2 N–H and O–H groups in total. The summed E-state index contributed by atoms with van der Waals surface area (Å²) < 4.78 is 0. The van der Waals surface area contributed by atoms with Crippen LogP contribution in [0.15, 0.2) is 11.8 Å². The largest absolute Gasteiger partial charge is 0.395 e. The zero-order valence-corrected chi connectivity index (χ0v) is 20.2. The Bertz CT molecular complexity index is 674. The van der Waals surface area contributed by atoms with Crippen molar-refractivity contribution in [2.24, 2.45) is 29.1 Å². The van der Waals surface area contributed by atoms with Crippen molar-refractivity contribution in [1.29, 1.82) is 0 Å². The third kappa shape index (κ3) is 5.45. The molecule has 0 aromatic rings. The van der Waals surface area contributed by atoms with Gasteiger partial charge in [0.1, 0.15) is 0 Å². The van der Waals surface area contributed by atoms with Crippen LogP contribution in [0.1, 0.15) is 58.8 Å². The first-order chi connectivity index (χ1) is 15.4. The van der Waals surface area contributed by atoms with Crippen molar-refractivity contribution in [2.45, 2.75) is 58.8 Å². The van der Waals surface area contributed by atoms with E-state index in [0.29, 0.717) is 18.4 Å². The predicted octanol–water partition coefficient (Wildman–Crippen LogP) is 2.47. The molecule has 180 valence electrons. The molecule has 1 saturated heterocycles. The summed E-state index contributed by atoms with van der Waals surface area (Å²) in [7, 11) is 0. The molecule has 6 heteroatoms. The molecular weight excluding hydrogens is 402 g/mol. The summed E-state index contributed by atoms with van der Waals surface area (Å²) in [4.78, 5) is 30.7. The highest BCUT2D eigenvalue weighted by atomic mass is 16.3. The minimum atomic E-state index is 0.0544. The Morgan fingerprint density at radius 3 is 2.06 bits per heavy atom. The van der Waals surface area contributed by atoms with Gasteiger partial charge < -0.3 is 10.4 Å². The van der Waals surface area contributed by atoms with Gasteiger partial charge in [0.25, 0.3) is 0 Å². The maximum Gasteiger partial charge on any atom is 0.168 e. The molecule has 32 heavy (non-hydrogen) atoms. The number of piperazine rings is 1. The third-order valence-corrected chi connectivity index (χ3v) is 8.71. The normalized spacial score (nSPS) is 36.9. The Labute approximate surface area is 193 Å². The molecule has 1 heterocycles. The van der Waals surface area contributed by atoms with Crippen LogP contribution in [0, 0.1) is 29.1 Å². The number of rotatable bonds is 7. The van der Waals surface area contributed by atoms with E-state index in [2.05, 4.69) is 29.0 Å². The predicted molar refractivity (Wildman–Crippen MR) is 126 cm³/mol. The van der Waals surface area contributed by atoms with Crippen molar-refractivity contribution in [3.8, 4) is 0 Å². The Hall–Kier alpha value is -1.24. The summed E-state index contributed by atoms with van der Waals surface area (Å²) in [6, 6.07) is 0. The van der Waals surface area contributed by atoms with Gasteiger partial charge in [0.2, 0.25) is 0 Å². The number of carbonyl (C=O) groups is 2. The number of aliphatic hydroxyl groups excluding tert-OH is 1. The van der Waals surface area contributed by atoms with Gasteiger partial charge in [0.05, 0.1) is 12.2 Å². The number of β-amino-alcohol motifs (C(OH)–C–C–N with tert-alkyl or cyclic N) is 1. The highest BCUT2D eigenvalue weighted by molar-refractivity contribution is 6.21. The molecule has 3 saturated carbocycles. The van der Waals surface area contributed by atoms with Gasteiger partial charge in [-0.25, -0.2) is 0 Å². The molecule has 0 radical (unpaired) electrons. The van der Waals surface area contributed by atoms with Gasteiger partial charge in [-0.3, -0.25) is 19.4 Å². The molecule has 0 amide bonds. The standard InChI is InChI=1S/C26H43N3O3/c1-19-11-21-12-20(2)16-26(15-19,17-21)22-13-24(31)23(25(32)14-22)18-27-3-4-28-5-7-29(8-6-28)9-10-30/h18-22,27,30H,3-17H2,1-2H3/t19-,20+,21-,22?,26-. The smallest absolute Gasteiger partial charge is 0.168 e. The van der Waals surface area contributed by atoms with Gasteiger partial charge in [-0.05, 0) is 61.2 Å². The van der Waals surface area contributed by atoms with Gasteiger partial charge in [-0.1, -0.05) is 13.8 Å². The van der Waals surface area contributed by atoms with Crippen LogP contribution >= 0.6 is 0 Å². The highest BCUT2D eigenvalue weighted by Gasteiger charge is 2.51. The van der Waals surface area contributed by atoms with E-state index in [1.165, 1.54) is 32.1 Å². The molecule has 4 rings (SSSR count). The topological polar surface area (TPSA) is 72.9 Å². The molecule has 6 nitrogen and oxygen atoms in total. The van der Waals surface area contributed by atoms with Crippen LogP contribution in [0.2, 0.25) is 0 Å². The first-order valence-corrected chi connectivity index (χ1v) is 12.9. The summed E-state index contributed by atoms with van der Waals surface area (Å²) in [5.74, 6) is 2.57. The van der Waals surface area contributed by atoms with Gasteiger partial charge in [0.15, 0.2) is 11.6 Å². The van der Waals surface area contributed by atoms with E-state index in [-0.39, 0.29) is 29.5 Å². The first kappa shape index (κ1) is 23.9. The lowest BCUT2D eigenvalue weighted by atomic mass is 9.50. The maximum atomic E-state index is 13.0. The van der Waals surface area contributed by atoms with E-state index < -0.39 is 0 Å². The Morgan fingerprint density at radius 2 is 1.50 bits per heavy atom. The summed E-state index contributed by atoms with van der Waals surface area (Å²) in [5.41, 5.74) is 0.609. The summed E-state index contributed by atoms with van der Waals surface area (Å²) in [6.07, 6.45) is 9.09. The lowest BCUT2D eigenvalue weighted by Crippen LogP contribution is -2.48. The average Bonchev–Trinajstić information content (AvgIpc) is 2.73. The fraction of sp³-hybridized carbons (Fsp3) is 0.846. The lowest BCUT2D eigenvalue weighted by Gasteiger charge is -2.54. The molecular formula is C26H43N3O3. The van der Waals surface area contributed by atoms with Crippen LogP contribution < -0.4 is 5.32 Å². The van der Waals surface area contributed by atoms with Crippen molar-refractivity contribution < 1.29 is 14.7 Å². The molecule has 4 fully saturated rings. The third-order valence-electron chi connectivity index (χ3n) is 8.71. The van der Waals surface area contributed by atoms with Crippen molar-refractivity contribution in [1.82, 2.24) is 15.1 Å². The Kier molecular flexibility index (Phi) is 7.73. The zero-order chi connectivity index (χ0) is 22.7. The van der Waals surface area contributed by atoms with Gasteiger partial charge in [0, 0.05) is 64.9 Å². The molecule has 0 aromatic heterocycles. The summed E-state index contributed by atoms with van der Waals surface area (Å²) in [5, 5.41) is 12.3. The number of ketones is 2. The second-order valence-electron chi connectivity index (χ2n) is 11.4. The average molecular weight is 446 g/mol. The van der Waals surface area contributed by atoms with Gasteiger partial charge in [-0.15, -0.1) is 0 Å². The molecule has 4 aliphatic rings. The maximum absolute atomic E-state index is 13.0. The molecule has 0 aromatic carbocycles. The molecule has 4 atom stereocenters. The summed E-state index contributed by atoms with van der Waals surface area (Å²) >= 11 is 0. The number of hydrogen-bond acceptors (Lipinski definition) is 6. The van der Waals surface area contributed by atoms with Crippen LogP contribution in [0.4, 0.5) is 0 Å². The molecule has 0 unspecified atom stereocenters. The molecule has 3 aliphatic carbocycles. The van der Waals surface area contributed by atoms with E-state index in [0.717, 1.165) is 63.6 Å². The van der Waals surface area contributed by atoms with Crippen molar-refractivity contribution in [2.75, 3.05) is 52.4 Å². The van der Waals surface area contributed by atoms with Crippen molar-refractivity contribution >= 4 is 11.6 Å². The zero-order valence-electron chi connectivity index (χ0n) is 20.2. The van der Waals surface area contributed by atoms with E-state index >= 15 is 0 Å². The minimum absolute atomic E-state index is 0.0544. The summed E-state index contributed by atoms with van der Waals surface area (Å²) in [6.45, 7) is 11.3. The molecule has 2 bridgehead atoms. The lowest BCUT2D eigenvalue weighted by molar-refractivity contribution is -0.131. The molecule has 0 spiro atoms. The van der Waals surface area contributed by atoms with Crippen LogP contribution in [-0.4, -0.2) is 78.9 Å². The number of Topliss-reactive ketones (excluding diaryl/α,β-unsaturated/α-hetero) is 2. The fourth-order valence-electron chi connectivity index (χ4n) is 7.54. The number of nitrogens with one attached hydrogen (secondary N) is 1. The number of fused-ring (bicyclic) bond motifs is 2. The number of carbonyl (C=O) groups excluding carboxylic acids is 2. The van der Waals surface area contributed by atoms with Gasteiger partial charge in [-0.2, -0.15) is 0 Å². The van der Waals surface area contributed by atoms with E-state index in [4.69, 9.17) is 5.11 Å². The van der Waals surface area contributed by atoms with E-state index in [1.807, 2.05) is 0 Å². The monoisotopic (exact) mass is 445 g/mol. The van der Waals surface area contributed by atoms with E-state index in [9.17, 15) is 9.59 Å². The number of allylic oxidation sites excluding steroid dienone is 1. The second-order valence-corrected chi connectivity index (χ2v) is 11.4. The fourth-order valence-corrected chi connectivity index (χ4v) is 7.54. The number of aliphatic hydroxyl groups is 1. The first-order valence-electron chi connectivity index (χ1n) is 12.9. The highest BCUT2D eigenvalue weighted by Crippen LogP contribution is 2.58. The van der Waals surface area contributed by atoms with Crippen LogP contribution in [0.5, 0.6) is 0 Å². The van der Waals surface area contributed by atoms with Crippen LogP contribution in [0.25, 0.3) is 0 Å². The van der Waals surface area contributed by atoms with Crippen molar-refractivity contribution in [3.63, 3.8) is 0 Å². The SMILES string of the molecule is C[C@@H]1C[C@@H]2C[C@H](C)C[C@](C3CC(=O)C(=CNCCN4CCN(CCO)CC4)C(=O)C3)(C1)C2. The number of hydrogen-bond donors (Lipinski definition) is 2. The van der Waals surface area contributed by atoms with Crippen LogP contribution in [0.3, 0.4) is 0 Å².